The zero-order valence-corrected chi connectivity index (χ0v) is 13.1. The third kappa shape index (κ3) is 4.61. The van der Waals surface area contributed by atoms with Gasteiger partial charge in [-0.1, -0.05) is 30.3 Å². The summed E-state index contributed by atoms with van der Waals surface area (Å²) in [5.74, 6) is -2.18. The minimum absolute atomic E-state index is 0. The number of benzene rings is 1. The Labute approximate surface area is 134 Å². The molecule has 2 rings (SSSR count). The topological polar surface area (TPSA) is 32.3 Å². The summed E-state index contributed by atoms with van der Waals surface area (Å²) in [7, 11) is 0. The minimum Gasteiger partial charge on any atom is -0.337 e. The SMILES string of the molecule is C[C@H]1CNCCN1C(=O)CC(c1ccccc1)C(F)(F)F.Cl. The van der Waals surface area contributed by atoms with E-state index in [1.165, 1.54) is 17.0 Å². The molecule has 124 valence electrons. The fraction of sp³-hybridized carbons (Fsp3) is 0.533. The third-order valence-corrected chi connectivity index (χ3v) is 3.80. The predicted molar refractivity (Wildman–Crippen MR) is 81.1 cm³/mol. The number of piperazine rings is 1. The summed E-state index contributed by atoms with van der Waals surface area (Å²) in [6.07, 6.45) is -4.95. The van der Waals surface area contributed by atoms with E-state index in [2.05, 4.69) is 5.32 Å². The summed E-state index contributed by atoms with van der Waals surface area (Å²) in [5.41, 5.74) is 0.140. The molecule has 1 heterocycles. The second kappa shape index (κ2) is 7.83. The lowest BCUT2D eigenvalue weighted by molar-refractivity contribution is -0.161. The molecule has 2 atom stereocenters. The Morgan fingerprint density at radius 3 is 2.55 bits per heavy atom. The van der Waals surface area contributed by atoms with Gasteiger partial charge in [0.1, 0.15) is 0 Å². The van der Waals surface area contributed by atoms with E-state index < -0.39 is 24.4 Å². The van der Waals surface area contributed by atoms with Crippen LogP contribution in [0.4, 0.5) is 13.2 Å². The second-order valence-electron chi connectivity index (χ2n) is 5.35. The standard InChI is InChI=1S/C15H19F3N2O.ClH/c1-11-10-19-7-8-20(11)14(21)9-13(15(16,17)18)12-5-3-2-4-6-12;/h2-6,11,13,19H,7-10H2,1H3;1H/t11-,13?;/m0./s1. The Kier molecular flexibility index (Phi) is 6.68. The fourth-order valence-electron chi connectivity index (χ4n) is 2.61. The van der Waals surface area contributed by atoms with Crippen molar-refractivity contribution in [2.45, 2.75) is 31.5 Å². The van der Waals surface area contributed by atoms with Crippen LogP contribution in [0, 0.1) is 0 Å². The Hall–Kier alpha value is -1.27. The molecule has 0 bridgehead atoms. The quantitative estimate of drug-likeness (QED) is 0.920. The zero-order chi connectivity index (χ0) is 15.5. The number of amides is 1. The first-order valence-electron chi connectivity index (χ1n) is 7.01. The van der Waals surface area contributed by atoms with E-state index in [1.807, 2.05) is 6.92 Å². The highest BCUT2D eigenvalue weighted by molar-refractivity contribution is 5.85. The molecular weight excluding hydrogens is 317 g/mol. The summed E-state index contributed by atoms with van der Waals surface area (Å²) in [5, 5.41) is 3.12. The lowest BCUT2D eigenvalue weighted by atomic mass is 9.94. The maximum atomic E-state index is 13.2. The van der Waals surface area contributed by atoms with Gasteiger partial charge in [0.2, 0.25) is 5.91 Å². The molecule has 1 aliphatic heterocycles. The highest BCUT2D eigenvalue weighted by atomic mass is 35.5. The van der Waals surface area contributed by atoms with Crippen LogP contribution in [-0.4, -0.2) is 42.7 Å². The van der Waals surface area contributed by atoms with Gasteiger partial charge in [0.05, 0.1) is 5.92 Å². The molecule has 1 N–H and O–H groups in total. The zero-order valence-electron chi connectivity index (χ0n) is 12.3. The molecule has 1 fully saturated rings. The summed E-state index contributed by atoms with van der Waals surface area (Å²) < 4.78 is 39.7. The van der Waals surface area contributed by atoms with Crippen LogP contribution in [0.2, 0.25) is 0 Å². The number of nitrogens with zero attached hydrogens (tertiary/aromatic N) is 1. The lowest BCUT2D eigenvalue weighted by Gasteiger charge is -2.35. The van der Waals surface area contributed by atoms with Crippen molar-refractivity contribution in [2.24, 2.45) is 0 Å². The van der Waals surface area contributed by atoms with Crippen molar-refractivity contribution in [1.29, 1.82) is 0 Å². The number of hydrogen-bond acceptors (Lipinski definition) is 2. The molecule has 0 aromatic heterocycles. The summed E-state index contributed by atoms with van der Waals surface area (Å²) in [4.78, 5) is 13.8. The summed E-state index contributed by atoms with van der Waals surface area (Å²) in [6.45, 7) is 3.54. The van der Waals surface area contributed by atoms with E-state index in [0.29, 0.717) is 19.6 Å². The molecule has 1 unspecified atom stereocenters. The number of carbonyl (C=O) groups is 1. The van der Waals surface area contributed by atoms with Gasteiger partial charge in [0, 0.05) is 32.1 Å². The highest BCUT2D eigenvalue weighted by Gasteiger charge is 2.42. The Balaban J connectivity index is 0.00000242. The first kappa shape index (κ1) is 18.8. The van der Waals surface area contributed by atoms with Crippen LogP contribution >= 0.6 is 12.4 Å². The highest BCUT2D eigenvalue weighted by Crippen LogP contribution is 2.37. The molecule has 0 radical (unpaired) electrons. The van der Waals surface area contributed by atoms with Crippen molar-refractivity contribution < 1.29 is 18.0 Å². The summed E-state index contributed by atoms with van der Waals surface area (Å²) in [6, 6.07) is 7.56. The van der Waals surface area contributed by atoms with E-state index in [-0.39, 0.29) is 24.0 Å². The van der Waals surface area contributed by atoms with Gasteiger partial charge in [-0.25, -0.2) is 0 Å². The fourth-order valence-corrected chi connectivity index (χ4v) is 2.61. The van der Waals surface area contributed by atoms with Crippen molar-refractivity contribution >= 4 is 18.3 Å². The first-order valence-corrected chi connectivity index (χ1v) is 7.01. The van der Waals surface area contributed by atoms with E-state index in [0.717, 1.165) is 0 Å². The van der Waals surface area contributed by atoms with Gasteiger partial charge in [-0.15, -0.1) is 12.4 Å². The van der Waals surface area contributed by atoms with E-state index in [4.69, 9.17) is 0 Å². The van der Waals surface area contributed by atoms with Gasteiger partial charge in [-0.2, -0.15) is 13.2 Å². The molecule has 0 spiro atoms. The van der Waals surface area contributed by atoms with Crippen LogP contribution in [0.25, 0.3) is 0 Å². The Morgan fingerprint density at radius 2 is 2.00 bits per heavy atom. The molecule has 0 aliphatic carbocycles. The summed E-state index contributed by atoms with van der Waals surface area (Å²) >= 11 is 0. The molecule has 1 aromatic carbocycles. The molecule has 1 aromatic rings. The number of nitrogens with one attached hydrogen (secondary N) is 1. The average Bonchev–Trinajstić information content (AvgIpc) is 2.44. The van der Waals surface area contributed by atoms with Crippen LogP contribution < -0.4 is 5.32 Å². The third-order valence-electron chi connectivity index (χ3n) is 3.80. The molecule has 22 heavy (non-hydrogen) atoms. The molecule has 3 nitrogen and oxygen atoms in total. The molecule has 1 saturated heterocycles. The van der Waals surface area contributed by atoms with Crippen LogP contribution in [-0.2, 0) is 4.79 Å². The van der Waals surface area contributed by atoms with Gasteiger partial charge in [0.25, 0.3) is 0 Å². The van der Waals surface area contributed by atoms with Crippen molar-refractivity contribution in [2.75, 3.05) is 19.6 Å². The smallest absolute Gasteiger partial charge is 0.337 e. The average molecular weight is 337 g/mol. The van der Waals surface area contributed by atoms with Crippen molar-refractivity contribution in [3.8, 4) is 0 Å². The molecule has 7 heteroatoms. The molecular formula is C15H20ClF3N2O. The number of alkyl halides is 3. The molecule has 1 amide bonds. The molecule has 1 aliphatic rings. The van der Waals surface area contributed by atoms with Gasteiger partial charge >= 0.3 is 6.18 Å². The largest absolute Gasteiger partial charge is 0.396 e. The normalized spacial score (nSPS) is 20.2. The van der Waals surface area contributed by atoms with Gasteiger partial charge in [-0.05, 0) is 12.5 Å². The van der Waals surface area contributed by atoms with Gasteiger partial charge in [-0.3, -0.25) is 4.79 Å². The van der Waals surface area contributed by atoms with Gasteiger partial charge in [0.15, 0.2) is 0 Å². The van der Waals surface area contributed by atoms with Crippen LogP contribution in [0.3, 0.4) is 0 Å². The van der Waals surface area contributed by atoms with Crippen LogP contribution in [0.5, 0.6) is 0 Å². The number of carbonyl (C=O) groups excluding carboxylic acids is 1. The van der Waals surface area contributed by atoms with E-state index in [1.54, 1.807) is 18.2 Å². The predicted octanol–water partition coefficient (Wildman–Crippen LogP) is 2.96. The lowest BCUT2D eigenvalue weighted by Crippen LogP contribution is -2.52. The number of rotatable bonds is 3. The minimum atomic E-state index is -4.42. The van der Waals surface area contributed by atoms with Gasteiger partial charge < -0.3 is 10.2 Å². The maximum Gasteiger partial charge on any atom is 0.396 e. The molecule has 0 saturated carbocycles. The van der Waals surface area contributed by atoms with Crippen LogP contribution in [0.1, 0.15) is 24.8 Å². The van der Waals surface area contributed by atoms with Crippen molar-refractivity contribution in [3.63, 3.8) is 0 Å². The van der Waals surface area contributed by atoms with Crippen LogP contribution in [0.15, 0.2) is 30.3 Å². The second-order valence-corrected chi connectivity index (χ2v) is 5.35. The number of halogens is 4. The number of hydrogen-bond donors (Lipinski definition) is 1. The van der Waals surface area contributed by atoms with E-state index >= 15 is 0 Å². The van der Waals surface area contributed by atoms with Crippen molar-refractivity contribution in [1.82, 2.24) is 10.2 Å². The van der Waals surface area contributed by atoms with Crippen molar-refractivity contribution in [3.05, 3.63) is 35.9 Å². The maximum absolute atomic E-state index is 13.2. The monoisotopic (exact) mass is 336 g/mol. The Morgan fingerprint density at radius 1 is 1.36 bits per heavy atom. The van der Waals surface area contributed by atoms with E-state index in [9.17, 15) is 18.0 Å². The Bertz CT molecular complexity index is 481. The first-order chi connectivity index (χ1) is 9.89.